The van der Waals surface area contributed by atoms with Crippen LogP contribution in [-0.4, -0.2) is 14.8 Å². The molecule has 10 heavy (non-hydrogen) atoms. The van der Waals surface area contributed by atoms with Gasteiger partial charge < -0.3 is 5.73 Å². The van der Waals surface area contributed by atoms with Crippen LogP contribution in [0.25, 0.3) is 0 Å². The van der Waals surface area contributed by atoms with Gasteiger partial charge in [0.1, 0.15) is 6.33 Å². The second-order valence-electron chi connectivity index (χ2n) is 2.77. The van der Waals surface area contributed by atoms with E-state index in [2.05, 4.69) is 10.1 Å². The van der Waals surface area contributed by atoms with Crippen LogP contribution in [0, 0.1) is 5.92 Å². The van der Waals surface area contributed by atoms with E-state index in [4.69, 9.17) is 5.73 Å². The molecule has 1 heterocycles. The van der Waals surface area contributed by atoms with Crippen LogP contribution in [0.4, 0.5) is 5.95 Å². The number of aromatic nitrogens is 3. The van der Waals surface area contributed by atoms with Gasteiger partial charge in [-0.25, -0.2) is 4.98 Å². The number of nitrogens with zero attached hydrogens (tertiary/aromatic N) is 3. The van der Waals surface area contributed by atoms with E-state index in [1.165, 1.54) is 12.8 Å². The Hall–Kier alpha value is -1.06. The molecule has 4 heteroatoms. The Kier molecular flexibility index (Phi) is 1.12. The molecule has 0 aliphatic heterocycles. The zero-order valence-corrected chi connectivity index (χ0v) is 5.70. The second-order valence-corrected chi connectivity index (χ2v) is 2.77. The number of hydrogen-bond donors (Lipinski definition) is 1. The summed E-state index contributed by atoms with van der Waals surface area (Å²) in [4.78, 5) is 3.83. The molecule has 1 aromatic heterocycles. The zero-order valence-electron chi connectivity index (χ0n) is 5.70. The fourth-order valence-electron chi connectivity index (χ4n) is 0.962. The third-order valence-electron chi connectivity index (χ3n) is 1.70. The van der Waals surface area contributed by atoms with Gasteiger partial charge in [-0.15, -0.1) is 5.10 Å². The summed E-state index contributed by atoms with van der Waals surface area (Å²) in [6, 6.07) is 0. The molecule has 1 fully saturated rings. The number of rotatable bonds is 2. The molecule has 0 spiro atoms. The van der Waals surface area contributed by atoms with Crippen molar-refractivity contribution in [1.82, 2.24) is 14.8 Å². The fraction of sp³-hybridized carbons (Fsp3) is 0.667. The molecule has 0 amide bonds. The van der Waals surface area contributed by atoms with E-state index >= 15 is 0 Å². The van der Waals surface area contributed by atoms with Crippen LogP contribution in [0.2, 0.25) is 0 Å². The summed E-state index contributed by atoms with van der Waals surface area (Å²) >= 11 is 0. The molecule has 2 N–H and O–H groups in total. The average Bonchev–Trinajstić information content (AvgIpc) is 2.59. The van der Waals surface area contributed by atoms with Gasteiger partial charge in [0.15, 0.2) is 0 Å². The summed E-state index contributed by atoms with van der Waals surface area (Å²) in [7, 11) is 0. The van der Waals surface area contributed by atoms with Gasteiger partial charge >= 0.3 is 0 Å². The van der Waals surface area contributed by atoms with Gasteiger partial charge in [-0.05, 0) is 18.8 Å². The topological polar surface area (TPSA) is 56.7 Å². The van der Waals surface area contributed by atoms with E-state index in [0.717, 1.165) is 12.5 Å². The highest BCUT2D eigenvalue weighted by molar-refractivity contribution is 5.09. The smallest absolute Gasteiger partial charge is 0.239 e. The maximum Gasteiger partial charge on any atom is 0.239 e. The molecule has 2 rings (SSSR count). The summed E-state index contributed by atoms with van der Waals surface area (Å²) in [5.41, 5.74) is 5.33. The lowest BCUT2D eigenvalue weighted by Gasteiger charge is -1.93. The molecule has 54 valence electrons. The van der Waals surface area contributed by atoms with E-state index < -0.39 is 0 Å². The first-order chi connectivity index (χ1) is 4.84. The van der Waals surface area contributed by atoms with Crippen molar-refractivity contribution in [2.24, 2.45) is 5.92 Å². The molecule has 1 saturated carbocycles. The van der Waals surface area contributed by atoms with E-state index in [-0.39, 0.29) is 0 Å². The quantitative estimate of drug-likeness (QED) is 0.638. The van der Waals surface area contributed by atoms with Crippen molar-refractivity contribution in [2.75, 3.05) is 5.73 Å². The van der Waals surface area contributed by atoms with E-state index in [1.54, 1.807) is 6.33 Å². The van der Waals surface area contributed by atoms with Gasteiger partial charge in [-0.2, -0.15) is 0 Å². The van der Waals surface area contributed by atoms with E-state index in [0.29, 0.717) is 5.95 Å². The minimum absolute atomic E-state index is 0.376. The van der Waals surface area contributed by atoms with Crippen molar-refractivity contribution >= 4 is 5.95 Å². The predicted octanol–water partition coefficient (Wildman–Crippen LogP) is 0.270. The minimum atomic E-state index is 0.376. The van der Waals surface area contributed by atoms with E-state index in [9.17, 15) is 0 Å². The van der Waals surface area contributed by atoms with Crippen molar-refractivity contribution in [1.29, 1.82) is 0 Å². The molecule has 0 radical (unpaired) electrons. The Morgan fingerprint density at radius 3 is 3.00 bits per heavy atom. The van der Waals surface area contributed by atoms with Gasteiger partial charge in [0, 0.05) is 6.54 Å². The van der Waals surface area contributed by atoms with Crippen molar-refractivity contribution in [2.45, 2.75) is 19.4 Å². The maximum absolute atomic E-state index is 5.33. The lowest BCUT2D eigenvalue weighted by Crippen LogP contribution is -2.00. The van der Waals surface area contributed by atoms with Crippen molar-refractivity contribution in [3.05, 3.63) is 6.33 Å². The van der Waals surface area contributed by atoms with Crippen LogP contribution in [-0.2, 0) is 6.54 Å². The highest BCUT2D eigenvalue weighted by Crippen LogP contribution is 2.30. The molecule has 1 aliphatic rings. The summed E-state index contributed by atoms with van der Waals surface area (Å²) in [5.74, 6) is 1.21. The summed E-state index contributed by atoms with van der Waals surface area (Å²) in [6.45, 7) is 0.990. The lowest BCUT2D eigenvalue weighted by molar-refractivity contribution is 0.563. The molecular formula is C6H10N4. The summed E-state index contributed by atoms with van der Waals surface area (Å²) in [6.07, 6.45) is 4.35. The number of anilines is 1. The average molecular weight is 138 g/mol. The Labute approximate surface area is 59.1 Å². The maximum atomic E-state index is 5.33. The first-order valence-electron chi connectivity index (χ1n) is 3.49. The molecule has 0 atom stereocenters. The fourth-order valence-corrected chi connectivity index (χ4v) is 0.962. The van der Waals surface area contributed by atoms with Gasteiger partial charge in [-0.3, -0.25) is 4.68 Å². The largest absolute Gasteiger partial charge is 0.367 e. The SMILES string of the molecule is Nc1ncn(CC2CC2)n1. The first kappa shape index (κ1) is 5.70. The standard InChI is InChI=1S/C6H10N4/c7-6-8-4-10(9-6)3-5-1-2-5/h4-5H,1-3H2,(H2,7,9). The Bertz CT molecular complexity index is 225. The van der Waals surface area contributed by atoms with Crippen LogP contribution >= 0.6 is 0 Å². The molecular weight excluding hydrogens is 128 g/mol. The lowest BCUT2D eigenvalue weighted by atomic mass is 10.4. The van der Waals surface area contributed by atoms with Crippen LogP contribution in [0.3, 0.4) is 0 Å². The Morgan fingerprint density at radius 1 is 1.70 bits per heavy atom. The van der Waals surface area contributed by atoms with Gasteiger partial charge in [-0.1, -0.05) is 0 Å². The molecule has 4 nitrogen and oxygen atoms in total. The van der Waals surface area contributed by atoms with Crippen molar-refractivity contribution in [3.63, 3.8) is 0 Å². The molecule has 1 aliphatic carbocycles. The predicted molar refractivity (Wildman–Crippen MR) is 37.2 cm³/mol. The monoisotopic (exact) mass is 138 g/mol. The molecule has 0 aromatic carbocycles. The molecule has 0 bridgehead atoms. The number of nitrogens with two attached hydrogens (primary N) is 1. The molecule has 0 saturated heterocycles. The van der Waals surface area contributed by atoms with Gasteiger partial charge in [0.25, 0.3) is 0 Å². The number of nitrogen functional groups attached to an aromatic ring is 1. The van der Waals surface area contributed by atoms with Crippen LogP contribution in [0.15, 0.2) is 6.33 Å². The molecule has 1 aromatic rings. The first-order valence-corrected chi connectivity index (χ1v) is 3.49. The zero-order chi connectivity index (χ0) is 6.97. The number of hydrogen-bond acceptors (Lipinski definition) is 3. The van der Waals surface area contributed by atoms with Gasteiger partial charge in [0.05, 0.1) is 0 Å². The Morgan fingerprint density at radius 2 is 2.50 bits per heavy atom. The highest BCUT2D eigenvalue weighted by Gasteiger charge is 2.21. The van der Waals surface area contributed by atoms with Crippen LogP contribution in [0.5, 0.6) is 0 Å². The van der Waals surface area contributed by atoms with E-state index in [1.807, 2.05) is 4.68 Å². The van der Waals surface area contributed by atoms with Gasteiger partial charge in [0.2, 0.25) is 5.95 Å². The minimum Gasteiger partial charge on any atom is -0.367 e. The molecule has 0 unspecified atom stereocenters. The van der Waals surface area contributed by atoms with Crippen molar-refractivity contribution in [3.8, 4) is 0 Å². The summed E-state index contributed by atoms with van der Waals surface area (Å²) < 4.78 is 1.81. The highest BCUT2D eigenvalue weighted by atomic mass is 15.4. The normalized spacial score (nSPS) is 17.6. The van der Waals surface area contributed by atoms with Crippen molar-refractivity contribution < 1.29 is 0 Å². The summed E-state index contributed by atoms with van der Waals surface area (Å²) in [5, 5.41) is 3.97. The third kappa shape index (κ3) is 1.10. The van der Waals surface area contributed by atoms with Crippen LogP contribution < -0.4 is 5.73 Å². The third-order valence-corrected chi connectivity index (χ3v) is 1.70. The van der Waals surface area contributed by atoms with Crippen LogP contribution in [0.1, 0.15) is 12.8 Å². The second kappa shape index (κ2) is 1.97. The Balaban J connectivity index is 2.03.